The monoisotopic (exact) mass is 290 g/mol. The van der Waals surface area contributed by atoms with Gasteiger partial charge in [-0.25, -0.2) is 0 Å². The summed E-state index contributed by atoms with van der Waals surface area (Å²) in [4.78, 5) is 2.49. The molecular weight excluding hydrogens is 264 g/mol. The van der Waals surface area contributed by atoms with E-state index < -0.39 is 0 Å². The van der Waals surface area contributed by atoms with Crippen LogP contribution in [0.3, 0.4) is 0 Å². The van der Waals surface area contributed by atoms with Crippen LogP contribution in [0.4, 0.5) is 5.69 Å². The number of hydrogen-bond donors (Lipinski definition) is 1. The van der Waals surface area contributed by atoms with Gasteiger partial charge in [-0.1, -0.05) is 12.1 Å². The van der Waals surface area contributed by atoms with Crippen molar-refractivity contribution < 1.29 is 9.47 Å². The van der Waals surface area contributed by atoms with Gasteiger partial charge < -0.3 is 19.7 Å². The molecule has 0 amide bonds. The number of anilines is 1. The number of para-hydroxylation sites is 2. The van der Waals surface area contributed by atoms with Crippen LogP contribution in [0.25, 0.3) is 0 Å². The highest BCUT2D eigenvalue weighted by atomic mass is 16.5. The van der Waals surface area contributed by atoms with E-state index in [1.807, 2.05) is 7.05 Å². The first kappa shape index (κ1) is 14.7. The van der Waals surface area contributed by atoms with Crippen LogP contribution in [0.2, 0.25) is 0 Å². The largest absolute Gasteiger partial charge is 0.491 e. The molecule has 0 aromatic heterocycles. The molecule has 0 spiro atoms. The summed E-state index contributed by atoms with van der Waals surface area (Å²) in [5, 5.41) is 3.37. The number of fused-ring (bicyclic) bond motifs is 1. The van der Waals surface area contributed by atoms with Crippen molar-refractivity contribution in [2.75, 3.05) is 51.4 Å². The Hall–Kier alpha value is -1.26. The number of nitrogens with zero attached hydrogens (tertiary/aromatic N) is 1. The minimum Gasteiger partial charge on any atom is -0.491 e. The fraction of sp³-hybridized carbons (Fsp3) is 0.647. The van der Waals surface area contributed by atoms with Gasteiger partial charge in [0.2, 0.25) is 0 Å². The molecule has 2 heterocycles. The maximum Gasteiger partial charge on any atom is 0.142 e. The third-order valence-electron chi connectivity index (χ3n) is 4.52. The number of benzene rings is 1. The molecule has 0 saturated carbocycles. The molecule has 4 nitrogen and oxygen atoms in total. The van der Waals surface area contributed by atoms with Gasteiger partial charge in [-0.05, 0) is 38.4 Å². The van der Waals surface area contributed by atoms with Gasteiger partial charge in [-0.15, -0.1) is 0 Å². The Balaban J connectivity index is 1.81. The summed E-state index contributed by atoms with van der Waals surface area (Å²) in [7, 11) is 2.04. The molecule has 1 saturated heterocycles. The zero-order valence-electron chi connectivity index (χ0n) is 12.9. The smallest absolute Gasteiger partial charge is 0.142 e. The molecule has 1 atom stereocenters. The van der Waals surface area contributed by atoms with E-state index in [9.17, 15) is 0 Å². The van der Waals surface area contributed by atoms with Crippen molar-refractivity contribution in [2.45, 2.75) is 19.3 Å². The molecule has 0 aliphatic carbocycles. The fourth-order valence-electron chi connectivity index (χ4n) is 3.57. The van der Waals surface area contributed by atoms with Crippen molar-refractivity contribution in [3.05, 3.63) is 24.3 Å². The van der Waals surface area contributed by atoms with Crippen molar-refractivity contribution in [2.24, 2.45) is 5.41 Å². The van der Waals surface area contributed by atoms with E-state index in [0.29, 0.717) is 0 Å². The molecule has 0 radical (unpaired) electrons. The molecule has 2 aliphatic heterocycles. The summed E-state index contributed by atoms with van der Waals surface area (Å²) < 4.78 is 11.7. The lowest BCUT2D eigenvalue weighted by molar-refractivity contribution is -0.00231. The molecule has 116 valence electrons. The summed E-state index contributed by atoms with van der Waals surface area (Å²) in [5.41, 5.74) is 1.45. The Kier molecular flexibility index (Phi) is 4.66. The molecule has 3 rings (SSSR count). The highest BCUT2D eigenvalue weighted by Crippen LogP contribution is 2.35. The van der Waals surface area contributed by atoms with E-state index in [-0.39, 0.29) is 5.41 Å². The third-order valence-corrected chi connectivity index (χ3v) is 4.52. The van der Waals surface area contributed by atoms with Crippen LogP contribution in [0.15, 0.2) is 24.3 Å². The Bertz CT molecular complexity index is 452. The number of ether oxygens (including phenoxy) is 2. The molecule has 21 heavy (non-hydrogen) atoms. The van der Waals surface area contributed by atoms with Crippen molar-refractivity contribution in [1.82, 2.24) is 5.32 Å². The maximum absolute atomic E-state index is 5.87. The predicted octanol–water partition coefficient (Wildman–Crippen LogP) is 2.29. The molecule has 2 aliphatic rings. The Morgan fingerprint density at radius 1 is 1.24 bits per heavy atom. The second-order valence-electron chi connectivity index (χ2n) is 6.28. The summed E-state index contributed by atoms with van der Waals surface area (Å²) >= 11 is 0. The zero-order chi connectivity index (χ0) is 14.5. The molecular formula is C17H26N2O2. The Morgan fingerprint density at radius 3 is 2.95 bits per heavy atom. The van der Waals surface area contributed by atoms with Crippen molar-refractivity contribution in [3.63, 3.8) is 0 Å². The van der Waals surface area contributed by atoms with Gasteiger partial charge in [0.1, 0.15) is 5.75 Å². The van der Waals surface area contributed by atoms with E-state index in [1.165, 1.54) is 12.1 Å². The summed E-state index contributed by atoms with van der Waals surface area (Å²) in [6, 6.07) is 8.41. The first-order valence-corrected chi connectivity index (χ1v) is 8.02. The first-order valence-electron chi connectivity index (χ1n) is 8.02. The Morgan fingerprint density at radius 2 is 2.14 bits per heavy atom. The van der Waals surface area contributed by atoms with Gasteiger partial charge >= 0.3 is 0 Å². The van der Waals surface area contributed by atoms with E-state index >= 15 is 0 Å². The van der Waals surface area contributed by atoms with Crippen molar-refractivity contribution in [3.8, 4) is 5.75 Å². The predicted molar refractivity (Wildman–Crippen MR) is 85.2 cm³/mol. The van der Waals surface area contributed by atoms with Gasteiger partial charge in [0.25, 0.3) is 0 Å². The van der Waals surface area contributed by atoms with Gasteiger partial charge in [-0.2, -0.15) is 0 Å². The minimum atomic E-state index is 0.213. The normalized spacial score (nSPS) is 25.9. The van der Waals surface area contributed by atoms with Gasteiger partial charge in [0.05, 0.1) is 18.9 Å². The fourth-order valence-corrected chi connectivity index (χ4v) is 3.57. The summed E-state index contributed by atoms with van der Waals surface area (Å²) in [6.45, 7) is 5.67. The second-order valence-corrected chi connectivity index (χ2v) is 6.28. The highest BCUT2D eigenvalue weighted by molar-refractivity contribution is 5.59. The van der Waals surface area contributed by atoms with E-state index in [2.05, 4.69) is 34.5 Å². The zero-order valence-corrected chi connectivity index (χ0v) is 12.9. The lowest BCUT2D eigenvalue weighted by Gasteiger charge is -2.41. The first-order chi connectivity index (χ1) is 10.3. The van der Waals surface area contributed by atoms with Crippen LogP contribution in [-0.4, -0.2) is 46.5 Å². The molecule has 4 heteroatoms. The number of nitrogens with one attached hydrogen (secondary N) is 1. The molecule has 1 fully saturated rings. The van der Waals surface area contributed by atoms with Crippen LogP contribution in [0.1, 0.15) is 19.3 Å². The van der Waals surface area contributed by atoms with E-state index in [0.717, 1.165) is 58.0 Å². The van der Waals surface area contributed by atoms with E-state index in [1.54, 1.807) is 0 Å². The van der Waals surface area contributed by atoms with Crippen molar-refractivity contribution in [1.29, 1.82) is 0 Å². The summed E-state index contributed by atoms with van der Waals surface area (Å²) in [6.07, 6.45) is 3.46. The Labute approximate surface area is 127 Å². The standard InChI is InChI=1S/C17H26N2O2/c1-18-12-17(8-4-10-20-14-17)13-19-9-5-11-21-16-7-3-2-6-15(16)19/h2-3,6-7,18H,4-5,8-14H2,1H3. The van der Waals surface area contributed by atoms with Crippen LogP contribution in [0.5, 0.6) is 5.75 Å². The molecule has 1 unspecified atom stereocenters. The second kappa shape index (κ2) is 6.67. The molecule has 1 aromatic rings. The van der Waals surface area contributed by atoms with Gasteiger partial charge in [-0.3, -0.25) is 0 Å². The average molecular weight is 290 g/mol. The molecule has 0 bridgehead atoms. The quantitative estimate of drug-likeness (QED) is 0.922. The third kappa shape index (κ3) is 3.33. The van der Waals surface area contributed by atoms with Gasteiger partial charge in [0.15, 0.2) is 0 Å². The van der Waals surface area contributed by atoms with Gasteiger partial charge in [0, 0.05) is 31.7 Å². The minimum absolute atomic E-state index is 0.213. The average Bonchev–Trinajstić information content (AvgIpc) is 2.71. The molecule has 1 aromatic carbocycles. The van der Waals surface area contributed by atoms with Crippen molar-refractivity contribution >= 4 is 5.69 Å². The lowest BCUT2D eigenvalue weighted by atomic mass is 9.81. The van der Waals surface area contributed by atoms with Crippen LogP contribution >= 0.6 is 0 Å². The summed E-state index contributed by atoms with van der Waals surface area (Å²) in [5.74, 6) is 1.02. The lowest BCUT2D eigenvalue weighted by Crippen LogP contribution is -2.48. The van der Waals surface area contributed by atoms with E-state index in [4.69, 9.17) is 9.47 Å². The highest BCUT2D eigenvalue weighted by Gasteiger charge is 2.35. The molecule has 1 N–H and O–H groups in total. The SMILES string of the molecule is CNCC1(CN2CCCOc3ccccc32)CCCOC1. The maximum atomic E-state index is 5.87. The number of hydrogen-bond acceptors (Lipinski definition) is 4. The van der Waals surface area contributed by atoms with Crippen LogP contribution < -0.4 is 15.0 Å². The number of rotatable bonds is 4. The van der Waals surface area contributed by atoms with Crippen LogP contribution in [-0.2, 0) is 4.74 Å². The van der Waals surface area contributed by atoms with Crippen LogP contribution in [0, 0.1) is 5.41 Å². The topological polar surface area (TPSA) is 33.7 Å².